The van der Waals surface area contributed by atoms with E-state index in [4.69, 9.17) is 0 Å². The van der Waals surface area contributed by atoms with Crippen LogP contribution in [-0.4, -0.2) is 13.0 Å². The monoisotopic (exact) mass is 247 g/mol. The predicted molar refractivity (Wildman–Crippen MR) is 76.7 cm³/mol. The molecule has 2 nitrogen and oxygen atoms in total. The molecule has 0 aromatic heterocycles. The van der Waals surface area contributed by atoms with Crippen molar-refractivity contribution in [1.29, 1.82) is 0 Å². The zero-order valence-electron chi connectivity index (χ0n) is 11.6. The summed E-state index contributed by atoms with van der Waals surface area (Å²) in [5.74, 6) is 0.984. The summed E-state index contributed by atoms with van der Waals surface area (Å²) in [7, 11) is 1.62. The van der Waals surface area contributed by atoms with Crippen molar-refractivity contribution >= 4 is 5.91 Å². The Balaban J connectivity index is 0.000000184. The lowest BCUT2D eigenvalue weighted by Gasteiger charge is -2.02. The molecule has 1 aromatic rings. The van der Waals surface area contributed by atoms with Crippen LogP contribution in [0.4, 0.5) is 0 Å². The molecule has 1 aromatic carbocycles. The smallest absolute Gasteiger partial charge is 0.251 e. The SMILES string of the molecule is CC1CCCCCC1.CNC(=O)c1ccccc1. The molecule has 1 aliphatic carbocycles. The lowest BCUT2D eigenvalue weighted by molar-refractivity contribution is 0.0963. The fraction of sp³-hybridized carbons (Fsp3) is 0.562. The standard InChI is InChI=1S/C8H9NO.C8H16/c1-9-8(10)7-5-3-2-4-6-7;1-8-6-4-2-3-5-7-8/h2-6H,1H3,(H,9,10);8H,2-7H2,1H3. The summed E-state index contributed by atoms with van der Waals surface area (Å²) < 4.78 is 0. The Morgan fingerprint density at radius 2 is 1.61 bits per heavy atom. The molecule has 2 rings (SSSR count). The summed E-state index contributed by atoms with van der Waals surface area (Å²) in [5.41, 5.74) is 0.699. The summed E-state index contributed by atoms with van der Waals surface area (Å²) in [6, 6.07) is 9.11. The lowest BCUT2D eigenvalue weighted by Crippen LogP contribution is -2.17. The van der Waals surface area contributed by atoms with E-state index in [-0.39, 0.29) is 5.91 Å². The minimum Gasteiger partial charge on any atom is -0.355 e. The number of carbonyl (C=O) groups is 1. The van der Waals surface area contributed by atoms with E-state index < -0.39 is 0 Å². The largest absolute Gasteiger partial charge is 0.355 e. The van der Waals surface area contributed by atoms with Crippen LogP contribution in [0, 0.1) is 5.92 Å². The molecule has 0 heterocycles. The van der Waals surface area contributed by atoms with Crippen LogP contribution in [0.2, 0.25) is 0 Å². The fourth-order valence-electron chi connectivity index (χ4n) is 2.22. The average Bonchev–Trinajstić information content (AvgIpc) is 2.67. The maximum absolute atomic E-state index is 10.9. The molecule has 0 atom stereocenters. The van der Waals surface area contributed by atoms with Crippen molar-refractivity contribution in [2.75, 3.05) is 7.05 Å². The summed E-state index contributed by atoms with van der Waals surface area (Å²) in [6.45, 7) is 2.38. The number of hydrogen-bond acceptors (Lipinski definition) is 1. The molecule has 0 spiro atoms. The molecule has 1 N–H and O–H groups in total. The van der Waals surface area contributed by atoms with Gasteiger partial charge in [-0.25, -0.2) is 0 Å². The van der Waals surface area contributed by atoms with E-state index in [0.717, 1.165) is 5.92 Å². The van der Waals surface area contributed by atoms with Gasteiger partial charge in [0.25, 0.3) is 5.91 Å². The van der Waals surface area contributed by atoms with Gasteiger partial charge >= 0.3 is 0 Å². The van der Waals surface area contributed by atoms with E-state index in [9.17, 15) is 4.79 Å². The van der Waals surface area contributed by atoms with E-state index in [1.807, 2.05) is 18.2 Å². The van der Waals surface area contributed by atoms with E-state index in [0.29, 0.717) is 5.56 Å². The van der Waals surface area contributed by atoms with Gasteiger partial charge in [0.2, 0.25) is 0 Å². The van der Waals surface area contributed by atoms with Gasteiger partial charge in [0.05, 0.1) is 0 Å². The Kier molecular flexibility index (Phi) is 7.16. The first-order valence-corrected chi connectivity index (χ1v) is 7.01. The highest BCUT2D eigenvalue weighted by molar-refractivity contribution is 5.93. The third-order valence-electron chi connectivity index (χ3n) is 3.41. The van der Waals surface area contributed by atoms with Crippen LogP contribution < -0.4 is 5.32 Å². The Labute approximate surface area is 111 Å². The topological polar surface area (TPSA) is 29.1 Å². The Hall–Kier alpha value is -1.31. The zero-order chi connectivity index (χ0) is 13.2. The molecule has 0 bridgehead atoms. The van der Waals surface area contributed by atoms with Gasteiger partial charge in [-0.1, -0.05) is 63.6 Å². The highest BCUT2D eigenvalue weighted by atomic mass is 16.1. The number of amides is 1. The van der Waals surface area contributed by atoms with E-state index >= 15 is 0 Å². The summed E-state index contributed by atoms with van der Waals surface area (Å²) in [6.07, 6.45) is 8.93. The number of benzene rings is 1. The van der Waals surface area contributed by atoms with Crippen molar-refractivity contribution in [3.63, 3.8) is 0 Å². The maximum atomic E-state index is 10.9. The summed E-state index contributed by atoms with van der Waals surface area (Å²) >= 11 is 0. The molecule has 0 aliphatic heterocycles. The summed E-state index contributed by atoms with van der Waals surface area (Å²) in [4.78, 5) is 10.9. The van der Waals surface area contributed by atoms with Gasteiger partial charge in [-0.15, -0.1) is 0 Å². The van der Waals surface area contributed by atoms with Crippen molar-refractivity contribution in [1.82, 2.24) is 5.32 Å². The van der Waals surface area contributed by atoms with Crippen molar-refractivity contribution in [2.24, 2.45) is 5.92 Å². The molecule has 100 valence electrons. The fourth-order valence-corrected chi connectivity index (χ4v) is 2.22. The molecule has 0 radical (unpaired) electrons. The van der Waals surface area contributed by atoms with E-state index in [2.05, 4.69) is 12.2 Å². The third-order valence-corrected chi connectivity index (χ3v) is 3.41. The molecule has 1 fully saturated rings. The minimum atomic E-state index is -0.0411. The molecule has 1 saturated carbocycles. The van der Waals surface area contributed by atoms with Crippen molar-refractivity contribution < 1.29 is 4.79 Å². The number of hydrogen-bond donors (Lipinski definition) is 1. The van der Waals surface area contributed by atoms with Crippen LogP contribution in [0.25, 0.3) is 0 Å². The van der Waals surface area contributed by atoms with Gasteiger partial charge in [-0.05, 0) is 18.1 Å². The van der Waals surface area contributed by atoms with Crippen molar-refractivity contribution in [3.8, 4) is 0 Å². The van der Waals surface area contributed by atoms with Gasteiger partial charge in [-0.2, -0.15) is 0 Å². The van der Waals surface area contributed by atoms with Crippen molar-refractivity contribution in [2.45, 2.75) is 45.4 Å². The van der Waals surface area contributed by atoms with Gasteiger partial charge < -0.3 is 5.32 Å². The maximum Gasteiger partial charge on any atom is 0.251 e. The van der Waals surface area contributed by atoms with Crippen LogP contribution in [-0.2, 0) is 0 Å². The first kappa shape index (κ1) is 14.7. The molecule has 1 amide bonds. The van der Waals surface area contributed by atoms with Gasteiger partial charge in [-0.3, -0.25) is 4.79 Å². The van der Waals surface area contributed by atoms with Crippen LogP contribution in [0.3, 0.4) is 0 Å². The average molecular weight is 247 g/mol. The predicted octanol–water partition coefficient (Wildman–Crippen LogP) is 4.02. The van der Waals surface area contributed by atoms with Gasteiger partial charge in [0.15, 0.2) is 0 Å². The van der Waals surface area contributed by atoms with E-state index in [1.165, 1.54) is 38.5 Å². The highest BCUT2D eigenvalue weighted by Gasteiger charge is 2.05. The second-order valence-corrected chi connectivity index (χ2v) is 5.04. The molecular formula is C16H25NO. The summed E-state index contributed by atoms with van der Waals surface area (Å²) in [5, 5.41) is 2.54. The number of nitrogens with one attached hydrogen (secondary N) is 1. The normalized spacial score (nSPS) is 16.1. The molecule has 0 unspecified atom stereocenters. The molecule has 18 heavy (non-hydrogen) atoms. The Bertz CT molecular complexity index is 326. The van der Waals surface area contributed by atoms with Crippen LogP contribution >= 0.6 is 0 Å². The number of carbonyl (C=O) groups excluding carboxylic acids is 1. The zero-order valence-corrected chi connectivity index (χ0v) is 11.6. The van der Waals surface area contributed by atoms with Crippen LogP contribution in [0.15, 0.2) is 30.3 Å². The minimum absolute atomic E-state index is 0.0411. The second kappa shape index (κ2) is 8.73. The third kappa shape index (κ3) is 5.85. The Morgan fingerprint density at radius 1 is 1.06 bits per heavy atom. The molecule has 0 saturated heterocycles. The number of rotatable bonds is 1. The quantitative estimate of drug-likeness (QED) is 0.746. The lowest BCUT2D eigenvalue weighted by atomic mass is 10.0. The highest BCUT2D eigenvalue weighted by Crippen LogP contribution is 2.21. The van der Waals surface area contributed by atoms with Gasteiger partial charge in [0.1, 0.15) is 0 Å². The molecular weight excluding hydrogens is 222 g/mol. The van der Waals surface area contributed by atoms with Gasteiger partial charge in [0, 0.05) is 12.6 Å². The molecule has 1 aliphatic rings. The van der Waals surface area contributed by atoms with E-state index in [1.54, 1.807) is 19.2 Å². The first-order valence-electron chi connectivity index (χ1n) is 7.01. The molecule has 2 heteroatoms. The van der Waals surface area contributed by atoms with Crippen LogP contribution in [0.5, 0.6) is 0 Å². The first-order chi connectivity index (χ1) is 8.74. The van der Waals surface area contributed by atoms with Crippen molar-refractivity contribution in [3.05, 3.63) is 35.9 Å². The second-order valence-electron chi connectivity index (χ2n) is 5.04. The Morgan fingerprint density at radius 3 is 2.11 bits per heavy atom. The van der Waals surface area contributed by atoms with Crippen LogP contribution in [0.1, 0.15) is 55.8 Å².